The fourth-order valence-corrected chi connectivity index (χ4v) is 4.54. The largest absolute Gasteiger partial charge is 0.495 e. The van der Waals surface area contributed by atoms with Gasteiger partial charge >= 0.3 is 0 Å². The van der Waals surface area contributed by atoms with E-state index in [1.165, 1.54) is 29.1 Å². The van der Waals surface area contributed by atoms with Gasteiger partial charge in [0.2, 0.25) is 0 Å². The second-order valence-corrected chi connectivity index (χ2v) is 8.92. The van der Waals surface area contributed by atoms with Crippen LogP contribution < -0.4 is 9.64 Å². The van der Waals surface area contributed by atoms with Gasteiger partial charge in [0, 0.05) is 31.9 Å². The Morgan fingerprint density at radius 2 is 1.81 bits per heavy atom. The number of hydrogen-bond donors (Lipinski definition) is 0. The Morgan fingerprint density at radius 1 is 1.09 bits per heavy atom. The molecule has 2 heterocycles. The van der Waals surface area contributed by atoms with Crippen LogP contribution in [0.15, 0.2) is 59.9 Å². The molecule has 0 aliphatic carbocycles. The van der Waals surface area contributed by atoms with Crippen LogP contribution in [-0.2, 0) is 5.75 Å². The average molecular weight is 469 g/mol. The molecular weight excluding hydrogens is 444 g/mol. The molecule has 0 atom stereocenters. The molecule has 2 aromatic carbocycles. The summed E-state index contributed by atoms with van der Waals surface area (Å²) in [6, 6.07) is 16.3. The van der Waals surface area contributed by atoms with Crippen molar-refractivity contribution in [3.63, 3.8) is 0 Å². The van der Waals surface area contributed by atoms with Crippen LogP contribution in [0.4, 0.5) is 5.69 Å². The molecule has 0 radical (unpaired) electrons. The predicted octanol–water partition coefficient (Wildman–Crippen LogP) is 4.70. The summed E-state index contributed by atoms with van der Waals surface area (Å²) < 4.78 is 5.47. The zero-order valence-corrected chi connectivity index (χ0v) is 19.7. The number of nitrogens with zero attached hydrogens (tertiary/aromatic N) is 4. The molecule has 1 fully saturated rings. The first-order chi connectivity index (χ1) is 15.5. The molecule has 0 saturated carbocycles. The molecule has 1 saturated heterocycles. The van der Waals surface area contributed by atoms with E-state index in [4.69, 9.17) is 16.3 Å². The van der Waals surface area contributed by atoms with E-state index in [2.05, 4.69) is 46.1 Å². The van der Waals surface area contributed by atoms with Crippen molar-refractivity contribution in [3.05, 3.63) is 76.6 Å². The van der Waals surface area contributed by atoms with E-state index in [9.17, 15) is 4.79 Å². The van der Waals surface area contributed by atoms with Gasteiger partial charge in [0.25, 0.3) is 5.91 Å². The zero-order valence-electron chi connectivity index (χ0n) is 18.1. The van der Waals surface area contributed by atoms with Crippen molar-refractivity contribution < 1.29 is 9.53 Å². The lowest BCUT2D eigenvalue weighted by Crippen LogP contribution is -2.49. The van der Waals surface area contributed by atoms with E-state index < -0.39 is 0 Å². The number of para-hydroxylation sites is 2. The summed E-state index contributed by atoms with van der Waals surface area (Å²) in [5, 5.41) is 0.827. The molecule has 8 heteroatoms. The van der Waals surface area contributed by atoms with Crippen LogP contribution >= 0.6 is 23.4 Å². The molecule has 1 aliphatic heterocycles. The lowest BCUT2D eigenvalue weighted by molar-refractivity contribution is 0.0740. The lowest BCUT2D eigenvalue weighted by atomic mass is 10.2. The minimum absolute atomic E-state index is 0.158. The molecule has 3 aromatic rings. The summed E-state index contributed by atoms with van der Waals surface area (Å²) in [6.45, 7) is 4.66. The Bertz CT molecular complexity index is 1090. The number of halogens is 1. The number of amides is 1. The van der Waals surface area contributed by atoms with E-state index in [1.54, 1.807) is 12.0 Å². The van der Waals surface area contributed by atoms with Gasteiger partial charge in [0.05, 0.1) is 24.0 Å². The highest BCUT2D eigenvalue weighted by molar-refractivity contribution is 7.98. The molecule has 0 spiro atoms. The smallest absolute Gasteiger partial charge is 0.274 e. The number of rotatable bonds is 6. The van der Waals surface area contributed by atoms with Crippen LogP contribution in [0.3, 0.4) is 0 Å². The van der Waals surface area contributed by atoms with Gasteiger partial charge in [-0.3, -0.25) is 4.79 Å². The molecule has 32 heavy (non-hydrogen) atoms. The number of ether oxygens (including phenoxy) is 1. The Kier molecular flexibility index (Phi) is 7.17. The fraction of sp³-hybridized carbons (Fsp3) is 0.292. The maximum atomic E-state index is 13.1. The van der Waals surface area contributed by atoms with Crippen LogP contribution in [0.1, 0.15) is 21.6 Å². The van der Waals surface area contributed by atoms with Crippen molar-refractivity contribution >= 4 is 35.0 Å². The standard InChI is InChI=1S/C24H25ClN4O2S/c1-17-7-9-18(10-8-17)16-32-24-26-15-19(25)22(27-24)23(30)29-13-11-28(12-14-29)20-5-3-4-6-21(20)31-2/h3-10,15H,11-14,16H2,1-2H3. The highest BCUT2D eigenvalue weighted by Crippen LogP contribution is 2.29. The summed E-state index contributed by atoms with van der Waals surface area (Å²) in [5.74, 6) is 1.41. The zero-order chi connectivity index (χ0) is 22.5. The van der Waals surface area contributed by atoms with Crippen molar-refractivity contribution in [1.82, 2.24) is 14.9 Å². The molecule has 166 valence electrons. The first-order valence-corrected chi connectivity index (χ1v) is 11.8. The highest BCUT2D eigenvalue weighted by Gasteiger charge is 2.26. The van der Waals surface area contributed by atoms with E-state index >= 15 is 0 Å². The SMILES string of the molecule is COc1ccccc1N1CCN(C(=O)c2nc(SCc3ccc(C)cc3)ncc2Cl)CC1. The molecule has 0 unspecified atom stereocenters. The quantitative estimate of drug-likeness (QED) is 0.386. The van der Waals surface area contributed by atoms with Crippen molar-refractivity contribution in [2.24, 2.45) is 0 Å². The predicted molar refractivity (Wildman–Crippen MR) is 129 cm³/mol. The number of anilines is 1. The summed E-state index contributed by atoms with van der Waals surface area (Å²) in [7, 11) is 1.67. The first kappa shape index (κ1) is 22.4. The van der Waals surface area contributed by atoms with E-state index in [-0.39, 0.29) is 16.6 Å². The lowest BCUT2D eigenvalue weighted by Gasteiger charge is -2.36. The topological polar surface area (TPSA) is 58.6 Å². The average Bonchev–Trinajstić information content (AvgIpc) is 2.84. The van der Waals surface area contributed by atoms with Gasteiger partial charge in [-0.05, 0) is 24.6 Å². The number of hydrogen-bond acceptors (Lipinski definition) is 6. The molecular formula is C24H25ClN4O2S. The molecule has 1 aliphatic rings. The number of carbonyl (C=O) groups is 1. The van der Waals surface area contributed by atoms with Crippen LogP contribution in [0.5, 0.6) is 5.75 Å². The summed E-state index contributed by atoms with van der Waals surface area (Å²) >= 11 is 7.79. The third-order valence-electron chi connectivity index (χ3n) is 5.41. The van der Waals surface area contributed by atoms with Crippen LogP contribution in [0, 0.1) is 6.92 Å². The van der Waals surface area contributed by atoms with Crippen molar-refractivity contribution in [2.45, 2.75) is 17.8 Å². The molecule has 0 bridgehead atoms. The maximum absolute atomic E-state index is 13.1. The molecule has 6 nitrogen and oxygen atoms in total. The summed E-state index contributed by atoms with van der Waals surface area (Å²) in [4.78, 5) is 26.0. The number of benzene rings is 2. The Labute approximate surface area is 197 Å². The molecule has 1 amide bonds. The third-order valence-corrected chi connectivity index (χ3v) is 6.62. The van der Waals surface area contributed by atoms with Gasteiger partial charge in [-0.15, -0.1) is 0 Å². The number of methoxy groups -OCH3 is 1. The van der Waals surface area contributed by atoms with E-state index in [1.807, 2.05) is 24.3 Å². The first-order valence-electron chi connectivity index (χ1n) is 10.4. The van der Waals surface area contributed by atoms with Crippen LogP contribution in [0.2, 0.25) is 5.02 Å². The normalized spacial score (nSPS) is 13.8. The number of aryl methyl sites for hydroxylation is 1. The Morgan fingerprint density at radius 3 is 2.53 bits per heavy atom. The van der Waals surface area contributed by atoms with Crippen LogP contribution in [-0.4, -0.2) is 54.1 Å². The number of aromatic nitrogens is 2. The summed E-state index contributed by atoms with van der Waals surface area (Å²) in [5.41, 5.74) is 3.70. The number of carbonyl (C=O) groups excluding carboxylic acids is 1. The van der Waals surface area contributed by atoms with Gasteiger partial charge in [-0.2, -0.15) is 0 Å². The third kappa shape index (κ3) is 5.16. The summed E-state index contributed by atoms with van der Waals surface area (Å²) in [6.07, 6.45) is 1.52. The Hall–Kier alpha value is -2.77. The van der Waals surface area contributed by atoms with Crippen molar-refractivity contribution in [1.29, 1.82) is 0 Å². The van der Waals surface area contributed by atoms with Gasteiger partial charge in [0.1, 0.15) is 5.75 Å². The maximum Gasteiger partial charge on any atom is 0.274 e. The fourth-order valence-electron chi connectivity index (χ4n) is 3.59. The second kappa shape index (κ2) is 10.2. The van der Waals surface area contributed by atoms with Gasteiger partial charge < -0.3 is 14.5 Å². The number of piperazine rings is 1. The van der Waals surface area contributed by atoms with Crippen molar-refractivity contribution in [3.8, 4) is 5.75 Å². The Balaban J connectivity index is 1.41. The molecule has 0 N–H and O–H groups in total. The number of thioether (sulfide) groups is 1. The minimum Gasteiger partial charge on any atom is -0.495 e. The molecule has 1 aromatic heterocycles. The molecule has 4 rings (SSSR count). The monoisotopic (exact) mass is 468 g/mol. The van der Waals surface area contributed by atoms with E-state index in [0.29, 0.717) is 31.3 Å². The van der Waals surface area contributed by atoms with Crippen molar-refractivity contribution in [2.75, 3.05) is 38.2 Å². The van der Waals surface area contributed by atoms with Gasteiger partial charge in [-0.1, -0.05) is 65.3 Å². The van der Waals surface area contributed by atoms with E-state index in [0.717, 1.165) is 17.2 Å². The van der Waals surface area contributed by atoms with Gasteiger partial charge in [-0.25, -0.2) is 9.97 Å². The highest BCUT2D eigenvalue weighted by atomic mass is 35.5. The van der Waals surface area contributed by atoms with Gasteiger partial charge in [0.15, 0.2) is 10.9 Å². The van der Waals surface area contributed by atoms with Crippen LogP contribution in [0.25, 0.3) is 0 Å². The second-order valence-electron chi connectivity index (χ2n) is 7.57. The minimum atomic E-state index is -0.158.